The first kappa shape index (κ1) is 9.96. The van der Waals surface area contributed by atoms with Crippen molar-refractivity contribution in [1.29, 1.82) is 0 Å². The summed E-state index contributed by atoms with van der Waals surface area (Å²) in [5.74, 6) is 0. The molecule has 72 valence electrons. The zero-order valence-corrected chi connectivity index (χ0v) is 8.38. The first-order chi connectivity index (χ1) is 5.65. The van der Waals surface area contributed by atoms with Crippen LogP contribution in [-0.2, 0) is 0 Å². The molecule has 1 aliphatic heterocycles. The number of nitrogens with one attached hydrogen (secondary N) is 1. The summed E-state index contributed by atoms with van der Waals surface area (Å²) in [5, 5.41) is 3.46. The van der Waals surface area contributed by atoms with E-state index in [0.29, 0.717) is 18.1 Å². The molecule has 0 amide bonds. The molecule has 1 aliphatic rings. The predicted molar refractivity (Wildman–Crippen MR) is 52.1 cm³/mol. The molecule has 3 heteroatoms. The van der Waals surface area contributed by atoms with E-state index in [2.05, 4.69) is 31.0 Å². The summed E-state index contributed by atoms with van der Waals surface area (Å²) < 4.78 is 0. The lowest BCUT2D eigenvalue weighted by atomic mass is 10.1. The zero-order chi connectivity index (χ0) is 9.14. The van der Waals surface area contributed by atoms with Crippen LogP contribution in [0.4, 0.5) is 0 Å². The van der Waals surface area contributed by atoms with Crippen LogP contribution in [0.5, 0.6) is 0 Å². The first-order valence-electron chi connectivity index (χ1n) is 4.84. The van der Waals surface area contributed by atoms with Crippen molar-refractivity contribution in [3.05, 3.63) is 0 Å². The Morgan fingerprint density at radius 2 is 2.25 bits per heavy atom. The molecule has 0 bridgehead atoms. The Labute approximate surface area is 75.3 Å². The predicted octanol–water partition coefficient (Wildman–Crippen LogP) is 0.0158. The van der Waals surface area contributed by atoms with Gasteiger partial charge in [0.25, 0.3) is 0 Å². The summed E-state index contributed by atoms with van der Waals surface area (Å²) in [6.45, 7) is 9.66. The number of piperazine rings is 1. The van der Waals surface area contributed by atoms with Crippen LogP contribution in [0, 0.1) is 0 Å². The molecule has 1 rings (SSSR count). The molecule has 1 fully saturated rings. The van der Waals surface area contributed by atoms with Gasteiger partial charge < -0.3 is 11.1 Å². The fourth-order valence-corrected chi connectivity index (χ4v) is 1.80. The minimum atomic E-state index is 0.518. The largest absolute Gasteiger partial charge is 0.329 e. The van der Waals surface area contributed by atoms with Crippen molar-refractivity contribution in [3.63, 3.8) is 0 Å². The van der Waals surface area contributed by atoms with E-state index in [-0.39, 0.29) is 0 Å². The van der Waals surface area contributed by atoms with Crippen LogP contribution in [0.2, 0.25) is 0 Å². The van der Waals surface area contributed by atoms with E-state index in [1.54, 1.807) is 0 Å². The minimum absolute atomic E-state index is 0.518. The lowest BCUT2D eigenvalue weighted by Crippen LogP contribution is -2.58. The highest BCUT2D eigenvalue weighted by Crippen LogP contribution is 2.09. The molecule has 3 nitrogen and oxygen atoms in total. The number of nitrogens with two attached hydrogens (primary N) is 1. The third-order valence-electron chi connectivity index (χ3n) is 2.72. The average molecular weight is 171 g/mol. The second-order valence-corrected chi connectivity index (χ2v) is 3.94. The molecule has 3 atom stereocenters. The quantitative estimate of drug-likeness (QED) is 0.615. The summed E-state index contributed by atoms with van der Waals surface area (Å²) in [6, 6.07) is 1.75. The molecule has 0 aliphatic carbocycles. The number of nitrogens with zero attached hydrogens (tertiary/aromatic N) is 1. The van der Waals surface area contributed by atoms with Crippen molar-refractivity contribution in [2.24, 2.45) is 5.73 Å². The Hall–Kier alpha value is -0.120. The van der Waals surface area contributed by atoms with Crippen LogP contribution in [-0.4, -0.2) is 42.7 Å². The molecule has 0 radical (unpaired) electrons. The maximum atomic E-state index is 5.65. The van der Waals surface area contributed by atoms with Gasteiger partial charge in [-0.3, -0.25) is 4.90 Å². The smallest absolute Gasteiger partial charge is 0.0196 e. The summed E-state index contributed by atoms with van der Waals surface area (Å²) in [4.78, 5) is 2.49. The number of rotatable bonds is 2. The molecule has 3 unspecified atom stereocenters. The first-order valence-corrected chi connectivity index (χ1v) is 4.84. The maximum Gasteiger partial charge on any atom is 0.0196 e. The molecule has 0 saturated carbocycles. The molecule has 1 heterocycles. The molecular weight excluding hydrogens is 150 g/mol. The standard InChI is InChI=1S/C9H21N3/c1-7-6-12(8(2)4-10)9(3)5-11-7/h7-9,11H,4-6,10H2,1-3H3. The van der Waals surface area contributed by atoms with Crippen LogP contribution < -0.4 is 11.1 Å². The van der Waals surface area contributed by atoms with Gasteiger partial charge in [-0.2, -0.15) is 0 Å². The topological polar surface area (TPSA) is 41.3 Å². The van der Waals surface area contributed by atoms with E-state index in [9.17, 15) is 0 Å². The monoisotopic (exact) mass is 171 g/mol. The van der Waals surface area contributed by atoms with Crippen molar-refractivity contribution in [1.82, 2.24) is 10.2 Å². The van der Waals surface area contributed by atoms with Crippen LogP contribution in [0.3, 0.4) is 0 Å². The summed E-state index contributed by atoms with van der Waals surface area (Å²) >= 11 is 0. The molecule has 12 heavy (non-hydrogen) atoms. The van der Waals surface area contributed by atoms with E-state index < -0.39 is 0 Å². The highest BCUT2D eigenvalue weighted by atomic mass is 15.2. The van der Waals surface area contributed by atoms with Gasteiger partial charge in [0.2, 0.25) is 0 Å². The van der Waals surface area contributed by atoms with Gasteiger partial charge >= 0.3 is 0 Å². The number of hydrogen-bond acceptors (Lipinski definition) is 3. The van der Waals surface area contributed by atoms with Crippen LogP contribution in [0.25, 0.3) is 0 Å². The van der Waals surface area contributed by atoms with Crippen molar-refractivity contribution in [3.8, 4) is 0 Å². The Morgan fingerprint density at radius 3 is 2.83 bits per heavy atom. The average Bonchev–Trinajstić information content (AvgIpc) is 2.08. The van der Waals surface area contributed by atoms with E-state index in [4.69, 9.17) is 5.73 Å². The van der Waals surface area contributed by atoms with Gasteiger partial charge in [-0.1, -0.05) is 0 Å². The summed E-state index contributed by atoms with van der Waals surface area (Å²) in [5.41, 5.74) is 5.65. The summed E-state index contributed by atoms with van der Waals surface area (Å²) in [6.07, 6.45) is 0. The van der Waals surface area contributed by atoms with Gasteiger partial charge in [0.05, 0.1) is 0 Å². The van der Waals surface area contributed by atoms with Crippen LogP contribution in [0.1, 0.15) is 20.8 Å². The van der Waals surface area contributed by atoms with Crippen molar-refractivity contribution >= 4 is 0 Å². The number of hydrogen-bond donors (Lipinski definition) is 2. The van der Waals surface area contributed by atoms with E-state index >= 15 is 0 Å². The van der Waals surface area contributed by atoms with Gasteiger partial charge in [0.15, 0.2) is 0 Å². The second kappa shape index (κ2) is 4.21. The SMILES string of the molecule is CC1CN(C(C)CN)C(C)CN1. The molecule has 0 aromatic heterocycles. The third-order valence-corrected chi connectivity index (χ3v) is 2.72. The summed E-state index contributed by atoms with van der Waals surface area (Å²) in [7, 11) is 0. The lowest BCUT2D eigenvalue weighted by molar-refractivity contribution is 0.107. The molecule has 1 saturated heterocycles. The van der Waals surface area contributed by atoms with Crippen LogP contribution in [0.15, 0.2) is 0 Å². The molecule has 0 aromatic rings. The van der Waals surface area contributed by atoms with Crippen molar-refractivity contribution in [2.45, 2.75) is 38.9 Å². The molecular formula is C9H21N3. The third kappa shape index (κ3) is 2.19. The lowest BCUT2D eigenvalue weighted by Gasteiger charge is -2.40. The molecule has 0 aromatic carbocycles. The van der Waals surface area contributed by atoms with E-state index in [0.717, 1.165) is 19.6 Å². The molecule has 0 spiro atoms. The Morgan fingerprint density at radius 1 is 1.58 bits per heavy atom. The highest BCUT2D eigenvalue weighted by molar-refractivity contribution is 4.84. The second-order valence-electron chi connectivity index (χ2n) is 3.94. The fraction of sp³-hybridized carbons (Fsp3) is 1.00. The van der Waals surface area contributed by atoms with E-state index in [1.807, 2.05) is 0 Å². The Kier molecular flexibility index (Phi) is 3.50. The van der Waals surface area contributed by atoms with Crippen molar-refractivity contribution in [2.75, 3.05) is 19.6 Å². The van der Waals surface area contributed by atoms with Gasteiger partial charge in [0.1, 0.15) is 0 Å². The Balaban J connectivity index is 2.48. The normalized spacial score (nSPS) is 35.0. The van der Waals surface area contributed by atoms with Gasteiger partial charge in [-0.25, -0.2) is 0 Å². The van der Waals surface area contributed by atoms with E-state index in [1.165, 1.54) is 0 Å². The van der Waals surface area contributed by atoms with Crippen molar-refractivity contribution < 1.29 is 0 Å². The molecule has 3 N–H and O–H groups in total. The van der Waals surface area contributed by atoms with Gasteiger partial charge in [0, 0.05) is 37.8 Å². The maximum absolute atomic E-state index is 5.65. The highest BCUT2D eigenvalue weighted by Gasteiger charge is 2.25. The zero-order valence-electron chi connectivity index (χ0n) is 8.38. The van der Waals surface area contributed by atoms with Gasteiger partial charge in [-0.15, -0.1) is 0 Å². The minimum Gasteiger partial charge on any atom is -0.329 e. The fourth-order valence-electron chi connectivity index (χ4n) is 1.80. The van der Waals surface area contributed by atoms with Gasteiger partial charge in [-0.05, 0) is 20.8 Å². The van der Waals surface area contributed by atoms with Crippen LogP contribution >= 0.6 is 0 Å². The Bertz CT molecular complexity index is 134.